The Balaban J connectivity index is 1.47. The summed E-state index contributed by atoms with van der Waals surface area (Å²) < 4.78 is 32.3. The Morgan fingerprint density at radius 3 is 2.46 bits per heavy atom. The van der Waals surface area contributed by atoms with Gasteiger partial charge >= 0.3 is 0 Å². The monoisotopic (exact) mass is 391 g/mol. The topological polar surface area (TPSA) is 66.7 Å². The molecule has 1 aliphatic rings. The summed E-state index contributed by atoms with van der Waals surface area (Å²) in [6.45, 7) is 2.04. The van der Waals surface area contributed by atoms with Gasteiger partial charge in [-0.15, -0.1) is 0 Å². The fraction of sp³-hybridized carbons (Fsp3) is 0.278. The summed E-state index contributed by atoms with van der Waals surface area (Å²) in [5.41, 5.74) is 1.99. The molecule has 136 valence electrons. The highest BCUT2D eigenvalue weighted by Crippen LogP contribution is 2.27. The van der Waals surface area contributed by atoms with Gasteiger partial charge in [-0.25, -0.2) is 8.42 Å². The van der Waals surface area contributed by atoms with Crippen LogP contribution in [0, 0.1) is 0 Å². The van der Waals surface area contributed by atoms with Crippen molar-refractivity contribution in [1.29, 1.82) is 0 Å². The van der Waals surface area contributed by atoms with Crippen molar-refractivity contribution >= 4 is 38.3 Å². The Morgan fingerprint density at radius 2 is 1.69 bits per heavy atom. The van der Waals surface area contributed by atoms with Crippen LogP contribution in [-0.2, 0) is 15.8 Å². The van der Waals surface area contributed by atoms with E-state index >= 15 is 0 Å². The molecule has 8 heteroatoms. The van der Waals surface area contributed by atoms with Gasteiger partial charge in [-0.2, -0.15) is 4.31 Å². The van der Waals surface area contributed by atoms with Crippen LogP contribution in [0.25, 0.3) is 11.0 Å². The van der Waals surface area contributed by atoms with Crippen molar-refractivity contribution in [3.63, 3.8) is 0 Å². The summed E-state index contributed by atoms with van der Waals surface area (Å²) in [6.07, 6.45) is 0. The van der Waals surface area contributed by atoms with Crippen LogP contribution in [0.1, 0.15) is 5.69 Å². The molecule has 0 saturated carbocycles. The predicted molar refractivity (Wildman–Crippen MR) is 102 cm³/mol. The Labute approximate surface area is 157 Å². The van der Waals surface area contributed by atoms with Crippen molar-refractivity contribution < 1.29 is 12.9 Å². The molecule has 0 radical (unpaired) electrons. The quantitative estimate of drug-likeness (QED) is 0.683. The summed E-state index contributed by atoms with van der Waals surface area (Å²) in [5, 5.41) is 5.36. The molecule has 26 heavy (non-hydrogen) atoms. The standard InChI is InChI=1S/C18H18ClN3O3S/c19-15-6-2-3-7-17(15)21-9-11-22(12-10-21)26(23,24)13-16-14-5-1-4-8-18(14)25-20-16/h1-8H,9-13H2. The van der Waals surface area contributed by atoms with Gasteiger partial charge in [-0.1, -0.05) is 41.0 Å². The van der Waals surface area contributed by atoms with Gasteiger partial charge in [0.1, 0.15) is 11.4 Å². The van der Waals surface area contributed by atoms with Gasteiger partial charge in [-0.05, 0) is 24.3 Å². The number of benzene rings is 2. The third-order valence-electron chi connectivity index (χ3n) is 4.60. The lowest BCUT2D eigenvalue weighted by atomic mass is 10.2. The molecule has 1 fully saturated rings. The first-order valence-electron chi connectivity index (χ1n) is 8.35. The van der Waals surface area contributed by atoms with E-state index in [0.29, 0.717) is 42.5 Å². The van der Waals surface area contributed by atoms with Gasteiger partial charge in [0.15, 0.2) is 5.58 Å². The molecule has 3 aromatic rings. The maximum atomic E-state index is 12.8. The zero-order valence-electron chi connectivity index (χ0n) is 14.0. The number of nitrogens with zero attached hydrogens (tertiary/aromatic N) is 3. The minimum atomic E-state index is -3.46. The number of hydrogen-bond acceptors (Lipinski definition) is 5. The predicted octanol–water partition coefficient (Wildman–Crippen LogP) is 3.13. The second-order valence-corrected chi connectivity index (χ2v) is 8.60. The molecule has 6 nitrogen and oxygen atoms in total. The summed E-state index contributed by atoms with van der Waals surface area (Å²) in [7, 11) is -3.46. The third kappa shape index (κ3) is 3.30. The number of sulfonamides is 1. The first-order chi connectivity index (χ1) is 12.5. The van der Waals surface area contributed by atoms with Crippen LogP contribution in [0.3, 0.4) is 0 Å². The van der Waals surface area contributed by atoms with E-state index in [1.165, 1.54) is 4.31 Å². The van der Waals surface area contributed by atoms with Crippen molar-refractivity contribution in [3.8, 4) is 0 Å². The zero-order valence-corrected chi connectivity index (χ0v) is 15.6. The Kier molecular flexibility index (Phi) is 4.60. The number of rotatable bonds is 4. The highest BCUT2D eigenvalue weighted by Gasteiger charge is 2.29. The molecule has 1 saturated heterocycles. The van der Waals surface area contributed by atoms with E-state index in [-0.39, 0.29) is 5.75 Å². The van der Waals surface area contributed by atoms with Gasteiger partial charge in [0.05, 0.1) is 10.7 Å². The van der Waals surface area contributed by atoms with E-state index in [1.807, 2.05) is 42.5 Å². The smallest absolute Gasteiger partial charge is 0.220 e. The minimum absolute atomic E-state index is 0.157. The molecule has 0 N–H and O–H groups in total. The molecule has 1 aromatic heterocycles. The molecule has 0 unspecified atom stereocenters. The van der Waals surface area contributed by atoms with Crippen LogP contribution >= 0.6 is 11.6 Å². The second-order valence-electron chi connectivity index (χ2n) is 6.22. The van der Waals surface area contributed by atoms with E-state index in [4.69, 9.17) is 16.1 Å². The second kappa shape index (κ2) is 6.90. The van der Waals surface area contributed by atoms with E-state index in [0.717, 1.165) is 11.1 Å². The van der Waals surface area contributed by atoms with Gasteiger partial charge in [0.25, 0.3) is 0 Å². The Bertz CT molecular complexity index is 1030. The minimum Gasteiger partial charge on any atom is -0.368 e. The molecule has 0 amide bonds. The van der Waals surface area contributed by atoms with Crippen LogP contribution in [-0.4, -0.2) is 44.1 Å². The fourth-order valence-electron chi connectivity index (χ4n) is 3.22. The number of hydrogen-bond donors (Lipinski definition) is 0. The number of fused-ring (bicyclic) bond motifs is 1. The van der Waals surface area contributed by atoms with Gasteiger partial charge in [0.2, 0.25) is 10.0 Å². The number of piperazine rings is 1. The number of aromatic nitrogens is 1. The lowest BCUT2D eigenvalue weighted by Gasteiger charge is -2.35. The van der Waals surface area contributed by atoms with Crippen molar-refractivity contribution in [2.75, 3.05) is 31.1 Å². The summed E-state index contributed by atoms with van der Waals surface area (Å²) in [4.78, 5) is 2.11. The van der Waals surface area contributed by atoms with Crippen molar-refractivity contribution in [3.05, 3.63) is 59.2 Å². The highest BCUT2D eigenvalue weighted by atomic mass is 35.5. The number of para-hydroxylation sites is 2. The van der Waals surface area contributed by atoms with Crippen LogP contribution in [0.5, 0.6) is 0 Å². The lowest BCUT2D eigenvalue weighted by molar-refractivity contribution is 0.383. The van der Waals surface area contributed by atoms with E-state index in [2.05, 4.69) is 10.1 Å². The average molecular weight is 392 g/mol. The molecule has 0 spiro atoms. The fourth-order valence-corrected chi connectivity index (χ4v) is 4.93. The molecule has 0 aliphatic carbocycles. The first-order valence-corrected chi connectivity index (χ1v) is 10.3. The van der Waals surface area contributed by atoms with Gasteiger partial charge in [0, 0.05) is 31.6 Å². The highest BCUT2D eigenvalue weighted by molar-refractivity contribution is 7.88. The zero-order chi connectivity index (χ0) is 18.1. The van der Waals surface area contributed by atoms with Crippen LogP contribution in [0.2, 0.25) is 5.02 Å². The molecular formula is C18H18ClN3O3S. The first kappa shape index (κ1) is 17.3. The Morgan fingerprint density at radius 1 is 1.00 bits per heavy atom. The largest absolute Gasteiger partial charge is 0.368 e. The van der Waals surface area contributed by atoms with E-state index in [9.17, 15) is 8.42 Å². The molecule has 0 bridgehead atoms. The van der Waals surface area contributed by atoms with Crippen molar-refractivity contribution in [2.24, 2.45) is 0 Å². The summed E-state index contributed by atoms with van der Waals surface area (Å²) >= 11 is 6.24. The van der Waals surface area contributed by atoms with E-state index < -0.39 is 10.0 Å². The third-order valence-corrected chi connectivity index (χ3v) is 6.71. The van der Waals surface area contributed by atoms with Gasteiger partial charge in [-0.3, -0.25) is 0 Å². The average Bonchev–Trinajstić information content (AvgIpc) is 3.05. The maximum absolute atomic E-state index is 12.8. The number of halogens is 1. The van der Waals surface area contributed by atoms with Crippen molar-refractivity contribution in [1.82, 2.24) is 9.46 Å². The summed E-state index contributed by atoms with van der Waals surface area (Å²) in [5.74, 6) is -0.157. The lowest BCUT2D eigenvalue weighted by Crippen LogP contribution is -2.49. The number of anilines is 1. The van der Waals surface area contributed by atoms with E-state index in [1.54, 1.807) is 6.07 Å². The maximum Gasteiger partial charge on any atom is 0.220 e. The normalized spacial score (nSPS) is 16.3. The van der Waals surface area contributed by atoms with Crippen LogP contribution in [0.4, 0.5) is 5.69 Å². The van der Waals surface area contributed by atoms with Crippen molar-refractivity contribution in [2.45, 2.75) is 5.75 Å². The molecule has 1 aliphatic heterocycles. The van der Waals surface area contributed by atoms with Gasteiger partial charge < -0.3 is 9.42 Å². The molecular weight excluding hydrogens is 374 g/mol. The summed E-state index contributed by atoms with van der Waals surface area (Å²) in [6, 6.07) is 14.9. The SMILES string of the molecule is O=S(=O)(Cc1noc2ccccc12)N1CCN(c2ccccc2Cl)CC1. The molecule has 2 aromatic carbocycles. The molecule has 2 heterocycles. The molecule has 0 atom stereocenters. The van der Waals surface area contributed by atoms with Crippen LogP contribution < -0.4 is 4.90 Å². The van der Waals surface area contributed by atoms with Crippen LogP contribution in [0.15, 0.2) is 53.1 Å². The molecule has 4 rings (SSSR count). The Hall–Kier alpha value is -2.09.